The third kappa shape index (κ3) is 4.75. The van der Waals surface area contributed by atoms with Crippen LogP contribution < -0.4 is 5.32 Å². The van der Waals surface area contributed by atoms with Crippen LogP contribution in [0.2, 0.25) is 0 Å². The van der Waals surface area contributed by atoms with E-state index in [0.717, 1.165) is 10.4 Å². The van der Waals surface area contributed by atoms with Gasteiger partial charge in [-0.25, -0.2) is 8.42 Å². The second-order valence-corrected chi connectivity index (χ2v) is 10.4. The number of carbonyl (C=O) groups is 1. The molecule has 1 aliphatic rings. The Balaban J connectivity index is 1.59. The van der Waals surface area contributed by atoms with Gasteiger partial charge in [0.15, 0.2) is 0 Å². The number of sulfonamides is 1. The standard InChI is InChI=1S/C19H25N3O3S2/c1-14(16-7-9-20-10-8-16)12-21-19(23)17-4-3-11-22(13-17)27(24,25)18-6-5-15(2)26-18/h5-10,14,17H,3-4,11-13H2,1-2H3,(H,21,23)/t14-,17-/m0/s1. The highest BCUT2D eigenvalue weighted by Gasteiger charge is 2.34. The Morgan fingerprint density at radius 3 is 2.74 bits per heavy atom. The molecule has 0 bridgehead atoms. The number of carbonyl (C=O) groups excluding carboxylic acids is 1. The van der Waals surface area contributed by atoms with Gasteiger partial charge in [0.1, 0.15) is 4.21 Å². The number of thiophene rings is 1. The van der Waals surface area contributed by atoms with Crippen molar-refractivity contribution >= 4 is 27.3 Å². The molecule has 2 atom stereocenters. The number of aryl methyl sites for hydroxylation is 1. The van der Waals surface area contributed by atoms with E-state index in [1.165, 1.54) is 15.6 Å². The largest absolute Gasteiger partial charge is 0.355 e. The third-order valence-corrected chi connectivity index (χ3v) is 8.26. The fraction of sp³-hybridized carbons (Fsp3) is 0.474. The summed E-state index contributed by atoms with van der Waals surface area (Å²) in [7, 11) is -3.52. The topological polar surface area (TPSA) is 79.4 Å². The van der Waals surface area contributed by atoms with E-state index in [1.54, 1.807) is 18.5 Å². The number of hydrogen-bond acceptors (Lipinski definition) is 5. The zero-order chi connectivity index (χ0) is 19.4. The first-order chi connectivity index (χ1) is 12.9. The average molecular weight is 408 g/mol. The maximum absolute atomic E-state index is 12.8. The van der Waals surface area contributed by atoms with Crippen LogP contribution in [0.5, 0.6) is 0 Å². The van der Waals surface area contributed by atoms with Gasteiger partial charge in [0.2, 0.25) is 5.91 Å². The molecule has 0 saturated carbocycles. The molecule has 0 aromatic carbocycles. The highest BCUT2D eigenvalue weighted by atomic mass is 32.2. The Kier molecular flexibility index (Phi) is 6.29. The van der Waals surface area contributed by atoms with Crippen molar-refractivity contribution in [2.24, 2.45) is 5.92 Å². The van der Waals surface area contributed by atoms with Gasteiger partial charge in [0, 0.05) is 36.9 Å². The minimum atomic E-state index is -3.52. The number of hydrogen-bond donors (Lipinski definition) is 1. The fourth-order valence-corrected chi connectivity index (χ4v) is 6.22. The highest BCUT2D eigenvalue weighted by Crippen LogP contribution is 2.28. The van der Waals surface area contributed by atoms with Crippen molar-refractivity contribution in [3.8, 4) is 0 Å². The lowest BCUT2D eigenvalue weighted by molar-refractivity contribution is -0.126. The lowest BCUT2D eigenvalue weighted by atomic mass is 9.98. The number of nitrogens with zero attached hydrogens (tertiary/aromatic N) is 2. The molecule has 2 aromatic rings. The van der Waals surface area contributed by atoms with Gasteiger partial charge in [-0.1, -0.05) is 6.92 Å². The molecule has 8 heteroatoms. The molecule has 0 spiro atoms. The number of rotatable bonds is 6. The Hall–Kier alpha value is -1.77. The highest BCUT2D eigenvalue weighted by molar-refractivity contribution is 7.91. The molecule has 27 heavy (non-hydrogen) atoms. The van der Waals surface area contributed by atoms with Gasteiger partial charge < -0.3 is 5.32 Å². The van der Waals surface area contributed by atoms with E-state index in [4.69, 9.17) is 0 Å². The van der Waals surface area contributed by atoms with E-state index < -0.39 is 10.0 Å². The molecule has 3 rings (SSSR count). The SMILES string of the molecule is Cc1ccc(S(=O)(=O)N2CCC[C@H](C(=O)NC[C@H](C)c3ccncc3)C2)s1. The second kappa shape index (κ2) is 8.50. The van der Waals surface area contributed by atoms with Crippen LogP contribution in [-0.2, 0) is 14.8 Å². The molecular formula is C19H25N3O3S2. The van der Waals surface area contributed by atoms with Crippen molar-refractivity contribution in [2.45, 2.75) is 36.8 Å². The summed E-state index contributed by atoms with van der Waals surface area (Å²) in [6.07, 6.45) is 4.89. The van der Waals surface area contributed by atoms with Crippen molar-refractivity contribution in [1.29, 1.82) is 0 Å². The molecule has 0 aliphatic carbocycles. The predicted octanol–water partition coefficient (Wildman–Crippen LogP) is 2.77. The predicted molar refractivity (Wildman–Crippen MR) is 106 cm³/mol. The zero-order valence-electron chi connectivity index (χ0n) is 15.6. The maximum atomic E-state index is 12.8. The summed E-state index contributed by atoms with van der Waals surface area (Å²) < 4.78 is 27.4. The molecule has 146 valence electrons. The molecule has 2 aromatic heterocycles. The molecule has 1 N–H and O–H groups in total. The molecule has 1 aliphatic heterocycles. The van der Waals surface area contributed by atoms with Crippen LogP contribution in [0.3, 0.4) is 0 Å². The van der Waals surface area contributed by atoms with E-state index in [-0.39, 0.29) is 24.3 Å². The number of aromatic nitrogens is 1. The second-order valence-electron chi connectivity index (χ2n) is 6.99. The van der Waals surface area contributed by atoms with Gasteiger partial charge in [0.05, 0.1) is 5.92 Å². The summed E-state index contributed by atoms with van der Waals surface area (Å²) in [5, 5.41) is 2.99. The van der Waals surface area contributed by atoms with Gasteiger partial charge in [-0.3, -0.25) is 9.78 Å². The van der Waals surface area contributed by atoms with Crippen LogP contribution in [0, 0.1) is 12.8 Å². The number of amides is 1. The van der Waals surface area contributed by atoms with Crippen LogP contribution >= 0.6 is 11.3 Å². The first-order valence-electron chi connectivity index (χ1n) is 9.12. The Labute approximate surface area is 164 Å². The zero-order valence-corrected chi connectivity index (χ0v) is 17.2. The first-order valence-corrected chi connectivity index (χ1v) is 11.4. The lowest BCUT2D eigenvalue weighted by Crippen LogP contribution is -2.45. The van der Waals surface area contributed by atoms with Gasteiger partial charge in [-0.2, -0.15) is 4.31 Å². The van der Waals surface area contributed by atoms with E-state index in [9.17, 15) is 13.2 Å². The van der Waals surface area contributed by atoms with E-state index in [0.29, 0.717) is 30.1 Å². The van der Waals surface area contributed by atoms with E-state index in [2.05, 4.69) is 10.3 Å². The lowest BCUT2D eigenvalue weighted by Gasteiger charge is -2.31. The monoisotopic (exact) mass is 407 g/mol. The average Bonchev–Trinajstić information content (AvgIpc) is 3.14. The minimum absolute atomic E-state index is 0.0711. The molecule has 1 saturated heterocycles. The summed E-state index contributed by atoms with van der Waals surface area (Å²) in [5.74, 6) is -0.202. The molecule has 0 radical (unpaired) electrons. The van der Waals surface area contributed by atoms with Crippen molar-refractivity contribution < 1.29 is 13.2 Å². The molecule has 6 nitrogen and oxygen atoms in total. The Morgan fingerprint density at radius 1 is 1.33 bits per heavy atom. The third-order valence-electron chi connectivity index (χ3n) is 4.92. The van der Waals surface area contributed by atoms with Crippen LogP contribution in [0.25, 0.3) is 0 Å². The van der Waals surface area contributed by atoms with Crippen molar-refractivity contribution in [1.82, 2.24) is 14.6 Å². The van der Waals surface area contributed by atoms with Gasteiger partial charge in [-0.05, 0) is 55.5 Å². The van der Waals surface area contributed by atoms with E-state index >= 15 is 0 Å². The molecule has 0 unspecified atom stereocenters. The molecule has 1 amide bonds. The summed E-state index contributed by atoms with van der Waals surface area (Å²) in [4.78, 5) is 17.6. The van der Waals surface area contributed by atoms with Crippen molar-refractivity contribution in [3.05, 3.63) is 47.1 Å². The smallest absolute Gasteiger partial charge is 0.252 e. The van der Waals surface area contributed by atoms with E-state index in [1.807, 2.05) is 32.0 Å². The Morgan fingerprint density at radius 2 is 2.07 bits per heavy atom. The number of nitrogens with one attached hydrogen (secondary N) is 1. The fourth-order valence-electron chi connectivity index (χ4n) is 3.26. The summed E-state index contributed by atoms with van der Waals surface area (Å²) in [6.45, 7) is 5.17. The molecule has 1 fully saturated rings. The van der Waals surface area contributed by atoms with Gasteiger partial charge >= 0.3 is 0 Å². The van der Waals surface area contributed by atoms with Crippen molar-refractivity contribution in [3.63, 3.8) is 0 Å². The van der Waals surface area contributed by atoms with Gasteiger partial charge in [-0.15, -0.1) is 11.3 Å². The molecule has 3 heterocycles. The van der Waals surface area contributed by atoms with Crippen LogP contribution in [0.1, 0.15) is 36.1 Å². The Bertz CT molecular complexity index is 881. The summed E-state index contributed by atoms with van der Waals surface area (Å²) >= 11 is 1.27. The summed E-state index contributed by atoms with van der Waals surface area (Å²) in [6, 6.07) is 7.34. The van der Waals surface area contributed by atoms with Gasteiger partial charge in [0.25, 0.3) is 10.0 Å². The summed E-state index contributed by atoms with van der Waals surface area (Å²) in [5.41, 5.74) is 1.12. The quantitative estimate of drug-likeness (QED) is 0.799. The van der Waals surface area contributed by atoms with Crippen LogP contribution in [-0.4, -0.2) is 43.2 Å². The number of pyridine rings is 1. The van der Waals surface area contributed by atoms with Crippen molar-refractivity contribution in [2.75, 3.05) is 19.6 Å². The normalized spacial score (nSPS) is 19.6. The number of piperidine rings is 1. The van der Waals surface area contributed by atoms with Crippen LogP contribution in [0.15, 0.2) is 40.9 Å². The molecular weight excluding hydrogens is 382 g/mol. The minimum Gasteiger partial charge on any atom is -0.355 e. The van der Waals surface area contributed by atoms with Crippen LogP contribution in [0.4, 0.5) is 0 Å². The first kappa shape index (κ1) is 20.0. The maximum Gasteiger partial charge on any atom is 0.252 e.